The van der Waals surface area contributed by atoms with E-state index < -0.39 is 0 Å². The SMILES string of the molecule is CCOc1ccc(NC(=O)c2cc(-c3cnn(C)c3)nc3ccccc23)cc1. The normalized spacial score (nSPS) is 10.8. The fraction of sp³-hybridized carbons (Fsp3) is 0.136. The van der Waals surface area contributed by atoms with Crippen LogP contribution in [0.3, 0.4) is 0 Å². The highest BCUT2D eigenvalue weighted by molar-refractivity contribution is 6.13. The van der Waals surface area contributed by atoms with Crippen LogP contribution in [0.1, 0.15) is 17.3 Å². The number of pyridine rings is 1. The lowest BCUT2D eigenvalue weighted by Crippen LogP contribution is -2.13. The van der Waals surface area contributed by atoms with E-state index in [0.29, 0.717) is 23.6 Å². The summed E-state index contributed by atoms with van der Waals surface area (Å²) in [5.41, 5.74) is 3.61. The number of aromatic nitrogens is 3. The molecule has 0 radical (unpaired) electrons. The van der Waals surface area contributed by atoms with Crippen LogP contribution >= 0.6 is 0 Å². The lowest BCUT2D eigenvalue weighted by Gasteiger charge is -2.10. The van der Waals surface area contributed by atoms with Crippen LogP contribution in [0.25, 0.3) is 22.2 Å². The first kappa shape index (κ1) is 17.7. The third-order valence-electron chi connectivity index (χ3n) is 4.38. The first-order valence-corrected chi connectivity index (χ1v) is 9.07. The van der Waals surface area contributed by atoms with Gasteiger partial charge in [0.25, 0.3) is 5.91 Å². The van der Waals surface area contributed by atoms with Crippen molar-refractivity contribution in [2.45, 2.75) is 6.92 Å². The highest BCUT2D eigenvalue weighted by Crippen LogP contribution is 2.25. The Balaban J connectivity index is 1.71. The van der Waals surface area contributed by atoms with E-state index in [1.165, 1.54) is 0 Å². The van der Waals surface area contributed by atoms with E-state index in [0.717, 1.165) is 22.2 Å². The summed E-state index contributed by atoms with van der Waals surface area (Å²) in [5.74, 6) is 0.585. The molecule has 28 heavy (non-hydrogen) atoms. The molecule has 0 unspecified atom stereocenters. The highest BCUT2D eigenvalue weighted by Gasteiger charge is 2.15. The molecule has 0 spiro atoms. The van der Waals surface area contributed by atoms with Crippen molar-refractivity contribution >= 4 is 22.5 Å². The predicted molar refractivity (Wildman–Crippen MR) is 110 cm³/mol. The predicted octanol–water partition coefficient (Wildman–Crippen LogP) is 4.29. The molecule has 2 aromatic carbocycles. The Morgan fingerprint density at radius 3 is 2.64 bits per heavy atom. The zero-order chi connectivity index (χ0) is 19.5. The number of nitrogens with zero attached hydrogens (tertiary/aromatic N) is 3. The fourth-order valence-electron chi connectivity index (χ4n) is 3.06. The summed E-state index contributed by atoms with van der Waals surface area (Å²) in [6, 6.07) is 16.8. The molecule has 0 fully saturated rings. The highest BCUT2D eigenvalue weighted by atomic mass is 16.5. The second-order valence-corrected chi connectivity index (χ2v) is 6.39. The van der Waals surface area contributed by atoms with E-state index in [1.54, 1.807) is 10.9 Å². The number of hydrogen-bond donors (Lipinski definition) is 1. The van der Waals surface area contributed by atoms with Crippen LogP contribution in [0.4, 0.5) is 5.69 Å². The van der Waals surface area contributed by atoms with Crippen molar-refractivity contribution in [3.05, 3.63) is 72.6 Å². The topological polar surface area (TPSA) is 69.0 Å². The van der Waals surface area contributed by atoms with Gasteiger partial charge < -0.3 is 10.1 Å². The zero-order valence-corrected chi connectivity index (χ0v) is 15.7. The minimum absolute atomic E-state index is 0.187. The summed E-state index contributed by atoms with van der Waals surface area (Å²) in [7, 11) is 1.85. The number of benzene rings is 2. The van der Waals surface area contributed by atoms with Crippen molar-refractivity contribution in [3.63, 3.8) is 0 Å². The Bertz CT molecular complexity index is 1130. The Morgan fingerprint density at radius 1 is 1.14 bits per heavy atom. The van der Waals surface area contributed by atoms with E-state index in [1.807, 2.05) is 74.8 Å². The Hall–Kier alpha value is -3.67. The smallest absolute Gasteiger partial charge is 0.256 e. The minimum Gasteiger partial charge on any atom is -0.494 e. The van der Waals surface area contributed by atoms with Gasteiger partial charge in [-0.1, -0.05) is 18.2 Å². The number of aryl methyl sites for hydroxylation is 1. The summed E-state index contributed by atoms with van der Waals surface area (Å²) in [6.45, 7) is 2.54. The van der Waals surface area contributed by atoms with Crippen LogP contribution < -0.4 is 10.1 Å². The Kier molecular flexibility index (Phi) is 4.76. The first-order chi connectivity index (χ1) is 13.6. The third-order valence-corrected chi connectivity index (χ3v) is 4.38. The molecule has 2 heterocycles. The largest absolute Gasteiger partial charge is 0.494 e. The molecule has 0 saturated heterocycles. The molecule has 0 bridgehead atoms. The average Bonchev–Trinajstić information content (AvgIpc) is 3.15. The molecule has 0 aliphatic rings. The number of rotatable bonds is 5. The molecule has 140 valence electrons. The van der Waals surface area contributed by atoms with Gasteiger partial charge >= 0.3 is 0 Å². The van der Waals surface area contributed by atoms with Crippen LogP contribution in [-0.2, 0) is 7.05 Å². The standard InChI is InChI=1S/C22H20N4O2/c1-3-28-17-10-8-16(9-11-17)24-22(27)19-12-21(15-13-23-26(2)14-15)25-20-7-5-4-6-18(19)20/h4-14H,3H2,1-2H3,(H,24,27). The van der Waals surface area contributed by atoms with Gasteiger partial charge in [0.05, 0.1) is 29.6 Å². The zero-order valence-electron chi connectivity index (χ0n) is 15.7. The number of nitrogens with one attached hydrogen (secondary N) is 1. The van der Waals surface area contributed by atoms with Gasteiger partial charge in [-0.25, -0.2) is 4.98 Å². The van der Waals surface area contributed by atoms with Crippen molar-refractivity contribution in [2.75, 3.05) is 11.9 Å². The first-order valence-electron chi connectivity index (χ1n) is 9.07. The van der Waals surface area contributed by atoms with Crippen molar-refractivity contribution in [2.24, 2.45) is 7.05 Å². The van der Waals surface area contributed by atoms with Gasteiger partial charge in [0.15, 0.2) is 0 Å². The number of amides is 1. The van der Waals surface area contributed by atoms with Crippen LogP contribution in [0.5, 0.6) is 5.75 Å². The molecule has 1 amide bonds. The maximum Gasteiger partial charge on any atom is 0.256 e. The van der Waals surface area contributed by atoms with Gasteiger partial charge in [0, 0.05) is 29.9 Å². The van der Waals surface area contributed by atoms with E-state index in [-0.39, 0.29) is 5.91 Å². The van der Waals surface area contributed by atoms with Gasteiger partial charge in [-0.15, -0.1) is 0 Å². The van der Waals surface area contributed by atoms with Gasteiger partial charge in [-0.2, -0.15) is 5.10 Å². The second-order valence-electron chi connectivity index (χ2n) is 6.39. The molecule has 4 rings (SSSR count). The van der Waals surface area contributed by atoms with Crippen molar-refractivity contribution < 1.29 is 9.53 Å². The van der Waals surface area contributed by atoms with Gasteiger partial charge in [0.1, 0.15) is 5.75 Å². The number of fused-ring (bicyclic) bond motifs is 1. The summed E-state index contributed by atoms with van der Waals surface area (Å²) < 4.78 is 7.16. The Morgan fingerprint density at radius 2 is 1.93 bits per heavy atom. The van der Waals surface area contributed by atoms with Crippen LogP contribution in [0.2, 0.25) is 0 Å². The van der Waals surface area contributed by atoms with E-state index in [4.69, 9.17) is 9.72 Å². The molecule has 0 atom stereocenters. The molecule has 0 aliphatic carbocycles. The lowest BCUT2D eigenvalue weighted by atomic mass is 10.0. The van der Waals surface area contributed by atoms with E-state index in [2.05, 4.69) is 10.4 Å². The maximum absolute atomic E-state index is 13.0. The van der Waals surface area contributed by atoms with Crippen LogP contribution in [0.15, 0.2) is 67.0 Å². The lowest BCUT2D eigenvalue weighted by molar-refractivity contribution is 0.102. The molecule has 1 N–H and O–H groups in total. The second kappa shape index (κ2) is 7.52. The summed E-state index contributed by atoms with van der Waals surface area (Å²) >= 11 is 0. The maximum atomic E-state index is 13.0. The molecule has 6 heteroatoms. The molecule has 4 aromatic rings. The van der Waals surface area contributed by atoms with Gasteiger partial charge in [-0.3, -0.25) is 9.48 Å². The van der Waals surface area contributed by atoms with E-state index >= 15 is 0 Å². The quantitative estimate of drug-likeness (QED) is 0.567. The molecule has 2 aromatic heterocycles. The Labute approximate surface area is 162 Å². The third kappa shape index (κ3) is 3.57. The number of hydrogen-bond acceptors (Lipinski definition) is 4. The van der Waals surface area contributed by atoms with Gasteiger partial charge in [0.2, 0.25) is 0 Å². The number of anilines is 1. The van der Waals surface area contributed by atoms with Crippen molar-refractivity contribution in [1.82, 2.24) is 14.8 Å². The number of ether oxygens (including phenoxy) is 1. The number of para-hydroxylation sites is 1. The number of carbonyl (C=O) groups is 1. The number of carbonyl (C=O) groups excluding carboxylic acids is 1. The fourth-order valence-corrected chi connectivity index (χ4v) is 3.06. The monoisotopic (exact) mass is 372 g/mol. The summed E-state index contributed by atoms with van der Waals surface area (Å²) in [6.07, 6.45) is 3.62. The summed E-state index contributed by atoms with van der Waals surface area (Å²) in [5, 5.41) is 7.97. The molecular weight excluding hydrogens is 352 g/mol. The van der Waals surface area contributed by atoms with Crippen molar-refractivity contribution in [1.29, 1.82) is 0 Å². The van der Waals surface area contributed by atoms with Gasteiger partial charge in [-0.05, 0) is 43.3 Å². The van der Waals surface area contributed by atoms with Crippen LogP contribution in [0, 0.1) is 0 Å². The van der Waals surface area contributed by atoms with Crippen molar-refractivity contribution in [3.8, 4) is 17.0 Å². The molecule has 0 aliphatic heterocycles. The molecule has 0 saturated carbocycles. The van der Waals surface area contributed by atoms with Crippen LogP contribution in [-0.4, -0.2) is 27.3 Å². The molecular formula is C22H20N4O2. The minimum atomic E-state index is -0.187. The van der Waals surface area contributed by atoms with E-state index in [9.17, 15) is 4.79 Å². The molecule has 6 nitrogen and oxygen atoms in total. The summed E-state index contributed by atoms with van der Waals surface area (Å²) in [4.78, 5) is 17.7. The average molecular weight is 372 g/mol.